The van der Waals surface area contributed by atoms with Crippen molar-refractivity contribution in [2.24, 2.45) is 0 Å². The van der Waals surface area contributed by atoms with Gasteiger partial charge in [0, 0.05) is 16.7 Å². The minimum atomic E-state index is -0.430. The fourth-order valence-corrected chi connectivity index (χ4v) is 8.01. The van der Waals surface area contributed by atoms with Crippen LogP contribution in [0, 0.1) is 0 Å². The molecule has 0 saturated carbocycles. The maximum atomic E-state index is 5.16. The zero-order valence-electron chi connectivity index (χ0n) is 27.4. The second-order valence-electron chi connectivity index (χ2n) is 12.6. The fraction of sp³-hybridized carbons (Fsp3) is 0.0652. The zero-order valence-corrected chi connectivity index (χ0v) is 27.4. The van der Waals surface area contributed by atoms with Gasteiger partial charge in [0.25, 0.3) is 0 Å². The van der Waals surface area contributed by atoms with E-state index in [-0.39, 0.29) is 0 Å². The van der Waals surface area contributed by atoms with Crippen molar-refractivity contribution in [3.8, 4) is 56.4 Å². The van der Waals surface area contributed by atoms with Gasteiger partial charge in [-0.3, -0.25) is 0 Å². The predicted octanol–water partition coefficient (Wildman–Crippen LogP) is 11.2. The Hall–Kier alpha value is -6.19. The number of rotatable bonds is 4. The van der Waals surface area contributed by atoms with Gasteiger partial charge in [0.15, 0.2) is 17.5 Å². The first-order chi connectivity index (χ1) is 24.2. The van der Waals surface area contributed by atoms with Crippen molar-refractivity contribution in [3.05, 3.63) is 192 Å². The van der Waals surface area contributed by atoms with E-state index in [0.29, 0.717) is 17.5 Å². The Labute approximate surface area is 287 Å². The van der Waals surface area contributed by atoms with E-state index in [1.54, 1.807) is 0 Å². The van der Waals surface area contributed by atoms with E-state index in [2.05, 4.69) is 153 Å². The summed E-state index contributed by atoms with van der Waals surface area (Å²) in [7, 11) is 0. The maximum Gasteiger partial charge on any atom is 0.164 e. The second-order valence-corrected chi connectivity index (χ2v) is 12.6. The Balaban J connectivity index is 1.25. The van der Waals surface area contributed by atoms with Gasteiger partial charge in [-0.05, 0) is 75.6 Å². The molecule has 1 unspecified atom stereocenters. The van der Waals surface area contributed by atoms with Gasteiger partial charge in [-0.1, -0.05) is 158 Å². The quantitative estimate of drug-likeness (QED) is 0.195. The van der Waals surface area contributed by atoms with Gasteiger partial charge in [-0.15, -0.1) is 0 Å². The van der Waals surface area contributed by atoms with Crippen molar-refractivity contribution in [3.63, 3.8) is 0 Å². The Kier molecular flexibility index (Phi) is 6.80. The lowest BCUT2D eigenvalue weighted by atomic mass is 9.70. The first-order valence-corrected chi connectivity index (χ1v) is 16.9. The summed E-state index contributed by atoms with van der Waals surface area (Å²) in [5.74, 6) is 1.96. The van der Waals surface area contributed by atoms with Crippen molar-refractivity contribution in [2.45, 2.75) is 19.3 Å². The van der Waals surface area contributed by atoms with Crippen molar-refractivity contribution < 1.29 is 0 Å². The topological polar surface area (TPSA) is 38.7 Å². The third-order valence-electron chi connectivity index (χ3n) is 10.1. The van der Waals surface area contributed by atoms with Crippen molar-refractivity contribution in [1.82, 2.24) is 15.0 Å². The third-order valence-corrected chi connectivity index (χ3v) is 10.1. The van der Waals surface area contributed by atoms with Crippen LogP contribution >= 0.6 is 0 Å². The van der Waals surface area contributed by atoms with Crippen LogP contribution in [0.2, 0.25) is 0 Å². The molecule has 0 bridgehead atoms. The molecular formula is C46H33N3. The molecule has 49 heavy (non-hydrogen) atoms. The molecule has 0 aliphatic heterocycles. The van der Waals surface area contributed by atoms with Crippen molar-refractivity contribution in [1.29, 1.82) is 0 Å². The normalized spacial score (nSPS) is 17.3. The summed E-state index contributed by atoms with van der Waals surface area (Å²) < 4.78 is 0. The molecule has 2 aliphatic carbocycles. The Morgan fingerprint density at radius 1 is 0.388 bits per heavy atom. The van der Waals surface area contributed by atoms with Gasteiger partial charge in [0.2, 0.25) is 0 Å². The highest BCUT2D eigenvalue weighted by molar-refractivity contribution is 6.00. The smallest absolute Gasteiger partial charge is 0.164 e. The number of allylic oxidation sites excluding steroid dienone is 4. The third kappa shape index (κ3) is 4.39. The molecular weight excluding hydrogens is 595 g/mol. The van der Waals surface area contributed by atoms with Gasteiger partial charge in [0.05, 0.1) is 5.41 Å². The van der Waals surface area contributed by atoms with Crippen LogP contribution in [0.25, 0.3) is 62.0 Å². The molecule has 1 spiro atoms. The lowest BCUT2D eigenvalue weighted by Crippen LogP contribution is -2.26. The highest BCUT2D eigenvalue weighted by atomic mass is 15.0. The number of fused-ring (bicyclic) bond motifs is 7. The highest BCUT2D eigenvalue weighted by Crippen LogP contribution is 2.63. The van der Waals surface area contributed by atoms with Crippen LogP contribution in [-0.4, -0.2) is 15.0 Å². The molecule has 0 radical (unpaired) electrons. The summed E-state index contributed by atoms with van der Waals surface area (Å²) in [5.41, 5.74) is 15.1. The van der Waals surface area contributed by atoms with Crippen LogP contribution in [0.4, 0.5) is 0 Å². The lowest BCUT2D eigenvalue weighted by molar-refractivity contribution is 0.792. The molecule has 0 saturated heterocycles. The van der Waals surface area contributed by atoms with Crippen LogP contribution in [0.15, 0.2) is 169 Å². The average Bonchev–Trinajstić information content (AvgIpc) is 3.64. The van der Waals surface area contributed by atoms with Gasteiger partial charge in [-0.2, -0.15) is 0 Å². The fourth-order valence-electron chi connectivity index (χ4n) is 8.01. The molecule has 232 valence electrons. The molecule has 1 atom stereocenters. The Morgan fingerprint density at radius 2 is 0.837 bits per heavy atom. The molecule has 9 rings (SSSR count). The summed E-state index contributed by atoms with van der Waals surface area (Å²) in [4.78, 5) is 15.3. The van der Waals surface area contributed by atoms with Crippen LogP contribution in [0.3, 0.4) is 0 Å². The number of hydrogen-bond acceptors (Lipinski definition) is 3. The van der Waals surface area contributed by atoms with Crippen LogP contribution in [-0.2, 0) is 5.41 Å². The largest absolute Gasteiger partial charge is 0.208 e. The molecule has 2 aliphatic rings. The van der Waals surface area contributed by atoms with Gasteiger partial charge in [0.1, 0.15) is 0 Å². The summed E-state index contributed by atoms with van der Waals surface area (Å²) in [6, 6.07) is 53.7. The zero-order chi connectivity index (χ0) is 33.0. The standard InChI is InChI=1S/C46H33N3/c1-3-35-36-19-11-13-21-40(36)46(39(35)4-2)41-22-14-12-20-37(41)38-28-27-34(29-42(38)46)45-48-43(32-17-9-6-10-18-32)47-44(49-45)33-25-23-31(24-26-33)30-15-7-5-8-16-30/h3-29H,1-2H3/b35-3-,39-4+. The number of nitrogens with zero attached hydrogens (tertiary/aromatic N) is 3. The van der Waals surface area contributed by atoms with E-state index in [1.165, 1.54) is 50.1 Å². The van der Waals surface area contributed by atoms with Gasteiger partial charge < -0.3 is 0 Å². The van der Waals surface area contributed by atoms with E-state index < -0.39 is 5.41 Å². The van der Waals surface area contributed by atoms with E-state index in [1.807, 2.05) is 24.3 Å². The molecule has 1 heterocycles. The highest BCUT2D eigenvalue weighted by Gasteiger charge is 2.52. The van der Waals surface area contributed by atoms with Crippen molar-refractivity contribution >= 4 is 5.57 Å². The van der Waals surface area contributed by atoms with Gasteiger partial charge >= 0.3 is 0 Å². The first kappa shape index (κ1) is 29.0. The van der Waals surface area contributed by atoms with Crippen LogP contribution in [0.1, 0.15) is 36.1 Å². The molecule has 6 aromatic carbocycles. The minimum absolute atomic E-state index is 0.430. The Morgan fingerprint density at radius 3 is 1.47 bits per heavy atom. The molecule has 3 nitrogen and oxygen atoms in total. The number of hydrogen-bond donors (Lipinski definition) is 0. The lowest BCUT2D eigenvalue weighted by Gasteiger charge is -2.31. The molecule has 3 heteroatoms. The van der Waals surface area contributed by atoms with E-state index in [9.17, 15) is 0 Å². The average molecular weight is 628 g/mol. The summed E-state index contributed by atoms with van der Waals surface area (Å²) in [6.45, 7) is 4.32. The SMILES string of the molecule is C/C=C1\C(=C/C)C2(c3ccccc31)c1ccccc1-c1ccc(-c3nc(-c4ccccc4)nc(-c4ccc(-c5ccccc5)cc4)n3)cc12. The molecule has 0 amide bonds. The second kappa shape index (κ2) is 11.5. The number of benzene rings is 6. The molecule has 7 aromatic rings. The molecule has 0 fully saturated rings. The summed E-state index contributed by atoms with van der Waals surface area (Å²) in [5, 5.41) is 0. The molecule has 1 aromatic heterocycles. The van der Waals surface area contributed by atoms with Crippen molar-refractivity contribution in [2.75, 3.05) is 0 Å². The van der Waals surface area contributed by atoms with E-state index in [0.717, 1.165) is 22.3 Å². The molecule has 0 N–H and O–H groups in total. The van der Waals surface area contributed by atoms with E-state index >= 15 is 0 Å². The van der Waals surface area contributed by atoms with Gasteiger partial charge in [-0.25, -0.2) is 15.0 Å². The van der Waals surface area contributed by atoms with E-state index in [4.69, 9.17) is 15.0 Å². The summed E-state index contributed by atoms with van der Waals surface area (Å²) >= 11 is 0. The number of aromatic nitrogens is 3. The summed E-state index contributed by atoms with van der Waals surface area (Å²) in [6.07, 6.45) is 4.57. The maximum absolute atomic E-state index is 5.16. The first-order valence-electron chi connectivity index (χ1n) is 16.9. The monoisotopic (exact) mass is 627 g/mol. The van der Waals surface area contributed by atoms with Crippen LogP contribution < -0.4 is 0 Å². The van der Waals surface area contributed by atoms with Crippen LogP contribution in [0.5, 0.6) is 0 Å². The Bertz CT molecular complexity index is 2440. The minimum Gasteiger partial charge on any atom is -0.208 e. The predicted molar refractivity (Wildman–Crippen MR) is 201 cm³/mol.